The van der Waals surface area contributed by atoms with E-state index in [-0.39, 0.29) is 30.3 Å². The first kappa shape index (κ1) is 19.0. The van der Waals surface area contributed by atoms with Gasteiger partial charge in [0.2, 0.25) is 5.91 Å². The second-order valence-corrected chi connectivity index (χ2v) is 6.36. The Hall–Kier alpha value is -2.78. The summed E-state index contributed by atoms with van der Waals surface area (Å²) in [6.45, 7) is 0.487. The molecule has 0 aliphatic carbocycles. The number of ether oxygens (including phenoxy) is 1. The second kappa shape index (κ2) is 8.28. The Kier molecular flexibility index (Phi) is 5.82. The molecule has 1 aromatic carbocycles. The number of nitrogens with zero attached hydrogens (tertiary/aromatic N) is 2. The molecular weight excluding hydrogens is 355 g/mol. The topological polar surface area (TPSA) is 108 Å². The van der Waals surface area contributed by atoms with Crippen molar-refractivity contribution in [2.45, 2.75) is 18.6 Å². The fourth-order valence-corrected chi connectivity index (χ4v) is 3.03. The van der Waals surface area contributed by atoms with Crippen molar-refractivity contribution < 1.29 is 23.8 Å². The third-order valence-electron chi connectivity index (χ3n) is 4.49. The van der Waals surface area contributed by atoms with Crippen LogP contribution in [0, 0.1) is 5.82 Å². The van der Waals surface area contributed by atoms with Crippen molar-refractivity contribution in [2.75, 3.05) is 26.8 Å². The number of aromatic nitrogens is 2. The first-order chi connectivity index (χ1) is 13.0. The number of nitrogens with one attached hydrogen (secondary N) is 2. The minimum absolute atomic E-state index is 0.0449. The van der Waals surface area contributed by atoms with E-state index < -0.39 is 23.9 Å². The third-order valence-corrected chi connectivity index (χ3v) is 4.49. The summed E-state index contributed by atoms with van der Waals surface area (Å²) in [5.41, 5.74) is 0.773. The average molecular weight is 376 g/mol. The summed E-state index contributed by atoms with van der Waals surface area (Å²) < 4.78 is 18.6. The van der Waals surface area contributed by atoms with Crippen molar-refractivity contribution >= 4 is 11.8 Å². The smallest absolute Gasteiger partial charge is 0.269 e. The van der Waals surface area contributed by atoms with Gasteiger partial charge in [-0.3, -0.25) is 14.7 Å². The number of aliphatic hydroxyl groups is 1. The molecule has 2 aromatic rings. The van der Waals surface area contributed by atoms with Gasteiger partial charge in [0.1, 0.15) is 18.1 Å². The van der Waals surface area contributed by atoms with Crippen molar-refractivity contribution in [2.24, 2.45) is 0 Å². The van der Waals surface area contributed by atoms with Gasteiger partial charge in [-0.2, -0.15) is 5.10 Å². The number of amides is 2. The molecule has 3 rings (SSSR count). The van der Waals surface area contributed by atoms with Crippen molar-refractivity contribution in [1.82, 2.24) is 20.4 Å². The minimum atomic E-state index is -0.891. The van der Waals surface area contributed by atoms with E-state index in [9.17, 15) is 19.1 Å². The van der Waals surface area contributed by atoms with Crippen LogP contribution in [-0.4, -0.2) is 71.0 Å². The van der Waals surface area contributed by atoms with E-state index in [1.165, 1.54) is 24.1 Å². The summed E-state index contributed by atoms with van der Waals surface area (Å²) >= 11 is 0. The monoisotopic (exact) mass is 376 g/mol. The highest BCUT2D eigenvalue weighted by Crippen LogP contribution is 2.21. The van der Waals surface area contributed by atoms with E-state index in [0.717, 1.165) is 0 Å². The molecule has 0 saturated carbocycles. The first-order valence-corrected chi connectivity index (χ1v) is 8.55. The highest BCUT2D eigenvalue weighted by atomic mass is 19.1. The predicted octanol–water partition coefficient (Wildman–Crippen LogP) is 0.554. The fourth-order valence-electron chi connectivity index (χ4n) is 3.03. The zero-order valence-corrected chi connectivity index (χ0v) is 14.8. The quantitative estimate of drug-likeness (QED) is 0.707. The lowest BCUT2D eigenvalue weighted by atomic mass is 10.0. The summed E-state index contributed by atoms with van der Waals surface area (Å²) in [4.78, 5) is 25.7. The lowest BCUT2D eigenvalue weighted by molar-refractivity contribution is -0.138. The van der Waals surface area contributed by atoms with Crippen LogP contribution < -0.4 is 5.32 Å². The normalized spacial score (nSPS) is 19.7. The molecule has 1 saturated heterocycles. The summed E-state index contributed by atoms with van der Waals surface area (Å²) in [6, 6.07) is 7.11. The van der Waals surface area contributed by atoms with Crippen LogP contribution in [0.15, 0.2) is 30.3 Å². The van der Waals surface area contributed by atoms with Gasteiger partial charge in [0.25, 0.3) is 5.91 Å². The van der Waals surface area contributed by atoms with Crippen LogP contribution >= 0.6 is 0 Å². The molecule has 0 bridgehead atoms. The molecule has 8 nitrogen and oxygen atoms in total. The number of rotatable bonds is 5. The lowest BCUT2D eigenvalue weighted by Crippen LogP contribution is -2.55. The zero-order chi connectivity index (χ0) is 19.4. The number of H-pyrrole nitrogens is 1. The molecule has 9 heteroatoms. The van der Waals surface area contributed by atoms with Crippen molar-refractivity contribution in [3.8, 4) is 11.3 Å². The fraction of sp³-hybridized carbons (Fsp3) is 0.389. The van der Waals surface area contributed by atoms with E-state index in [0.29, 0.717) is 18.7 Å². The number of piperidine rings is 1. The zero-order valence-electron chi connectivity index (χ0n) is 14.8. The number of carbonyl (C=O) groups excluding carboxylic acids is 2. The molecule has 1 fully saturated rings. The highest BCUT2D eigenvalue weighted by molar-refractivity contribution is 5.93. The molecule has 1 aromatic heterocycles. The number of halogens is 1. The van der Waals surface area contributed by atoms with E-state index in [4.69, 9.17) is 4.74 Å². The minimum Gasteiger partial charge on any atom is -0.389 e. The SMILES string of the molecule is COCC(=O)N1CC[C@@H](NC(=O)c2cc(-c3ccccc3F)n[nH]2)[C@H](O)C1. The van der Waals surface area contributed by atoms with Crippen molar-refractivity contribution in [3.05, 3.63) is 41.8 Å². The number of β-amino-alcohol motifs (C(OH)–C–C–N with tert-alkyl or cyclic N) is 1. The van der Waals surface area contributed by atoms with Gasteiger partial charge >= 0.3 is 0 Å². The molecule has 2 atom stereocenters. The van der Waals surface area contributed by atoms with Crippen molar-refractivity contribution in [1.29, 1.82) is 0 Å². The predicted molar refractivity (Wildman–Crippen MR) is 94.3 cm³/mol. The molecule has 27 heavy (non-hydrogen) atoms. The lowest BCUT2D eigenvalue weighted by Gasteiger charge is -2.36. The van der Waals surface area contributed by atoms with Crippen LogP contribution in [0.3, 0.4) is 0 Å². The van der Waals surface area contributed by atoms with E-state index in [1.807, 2.05) is 0 Å². The van der Waals surface area contributed by atoms with Gasteiger partial charge in [-0.15, -0.1) is 0 Å². The van der Waals surface area contributed by atoms with Crippen LogP contribution in [0.5, 0.6) is 0 Å². The number of methoxy groups -OCH3 is 1. The Bertz CT molecular complexity index is 825. The van der Waals surface area contributed by atoms with Crippen LogP contribution in [0.4, 0.5) is 4.39 Å². The average Bonchev–Trinajstić information content (AvgIpc) is 3.14. The number of carbonyl (C=O) groups is 2. The largest absolute Gasteiger partial charge is 0.389 e. The molecule has 144 valence electrons. The molecule has 1 aliphatic rings. The number of aromatic amines is 1. The van der Waals surface area contributed by atoms with Gasteiger partial charge in [-0.1, -0.05) is 12.1 Å². The standard InChI is InChI=1S/C18H21FN4O4/c1-27-10-17(25)23-7-6-13(16(24)9-23)20-18(26)15-8-14(21-22-15)11-4-2-3-5-12(11)19/h2-5,8,13,16,24H,6-7,9-10H2,1H3,(H,20,26)(H,21,22)/t13-,16-/m1/s1. The highest BCUT2D eigenvalue weighted by Gasteiger charge is 2.31. The molecule has 0 spiro atoms. The molecule has 2 heterocycles. The Morgan fingerprint density at radius 1 is 1.44 bits per heavy atom. The number of hydrogen-bond donors (Lipinski definition) is 3. The molecular formula is C18H21FN4O4. The van der Waals surface area contributed by atoms with Crippen LogP contribution in [-0.2, 0) is 9.53 Å². The molecule has 0 radical (unpaired) electrons. The van der Waals surface area contributed by atoms with E-state index in [2.05, 4.69) is 15.5 Å². The van der Waals surface area contributed by atoms with Gasteiger partial charge in [0.15, 0.2) is 0 Å². The summed E-state index contributed by atoms with van der Waals surface area (Å²) in [5, 5.41) is 19.5. The number of likely N-dealkylation sites (tertiary alicyclic amines) is 1. The summed E-state index contributed by atoms with van der Waals surface area (Å²) in [6.07, 6.45) is -0.478. The van der Waals surface area contributed by atoms with Gasteiger partial charge in [-0.05, 0) is 24.6 Å². The Morgan fingerprint density at radius 2 is 2.22 bits per heavy atom. The van der Waals surface area contributed by atoms with Gasteiger partial charge in [-0.25, -0.2) is 4.39 Å². The van der Waals surface area contributed by atoms with Gasteiger partial charge < -0.3 is 20.1 Å². The second-order valence-electron chi connectivity index (χ2n) is 6.36. The molecule has 0 unspecified atom stereocenters. The van der Waals surface area contributed by atoms with Crippen LogP contribution in [0.1, 0.15) is 16.9 Å². The summed E-state index contributed by atoms with van der Waals surface area (Å²) in [7, 11) is 1.43. The van der Waals surface area contributed by atoms with E-state index >= 15 is 0 Å². The van der Waals surface area contributed by atoms with Crippen molar-refractivity contribution in [3.63, 3.8) is 0 Å². The Morgan fingerprint density at radius 3 is 2.93 bits per heavy atom. The number of hydrogen-bond acceptors (Lipinski definition) is 5. The molecule has 1 aliphatic heterocycles. The van der Waals surface area contributed by atoms with Gasteiger partial charge in [0, 0.05) is 25.8 Å². The van der Waals surface area contributed by atoms with Crippen LogP contribution in [0.2, 0.25) is 0 Å². The maximum absolute atomic E-state index is 13.8. The summed E-state index contributed by atoms with van der Waals surface area (Å²) in [5.74, 6) is -1.09. The maximum atomic E-state index is 13.8. The van der Waals surface area contributed by atoms with Gasteiger partial charge in [0.05, 0.1) is 17.8 Å². The Labute approximate surface area is 155 Å². The molecule has 3 N–H and O–H groups in total. The third kappa shape index (κ3) is 4.32. The first-order valence-electron chi connectivity index (χ1n) is 8.55. The number of benzene rings is 1. The molecule has 2 amide bonds. The van der Waals surface area contributed by atoms with E-state index in [1.54, 1.807) is 18.2 Å². The number of aliphatic hydroxyl groups excluding tert-OH is 1. The Balaban J connectivity index is 1.62. The van der Waals surface area contributed by atoms with Crippen LogP contribution in [0.25, 0.3) is 11.3 Å². The maximum Gasteiger partial charge on any atom is 0.269 e.